The third kappa shape index (κ3) is 2.43. The third-order valence-corrected chi connectivity index (χ3v) is 5.38. The smallest absolute Gasteiger partial charge is 0.0894 e. The molecule has 0 N–H and O–H groups in total. The molecule has 2 aromatic heterocycles. The Labute approximate surface area is 162 Å². The minimum Gasteiger partial charge on any atom is -0.246 e. The highest BCUT2D eigenvalue weighted by atomic mass is 14.8. The number of hydrogen-bond donors (Lipinski definition) is 0. The molecule has 0 radical (unpaired) electrons. The second-order valence-electron chi connectivity index (χ2n) is 7.18. The highest BCUT2D eigenvalue weighted by Gasteiger charge is 2.07. The Kier molecular flexibility index (Phi) is 3.20. The molecular formula is C26H16N2. The summed E-state index contributed by atoms with van der Waals surface area (Å²) >= 11 is 0. The van der Waals surface area contributed by atoms with Crippen LogP contribution in [0.2, 0.25) is 0 Å². The third-order valence-electron chi connectivity index (χ3n) is 5.38. The SMILES string of the molecule is c1ccc2cc3nc(-c4ccc5cc6ccccc6cc5n4)ccc3cc2c1. The van der Waals surface area contributed by atoms with Crippen molar-refractivity contribution in [3.05, 3.63) is 97.1 Å². The highest BCUT2D eigenvalue weighted by molar-refractivity contribution is 5.98. The van der Waals surface area contributed by atoms with E-state index < -0.39 is 0 Å². The van der Waals surface area contributed by atoms with E-state index in [0.29, 0.717) is 0 Å². The van der Waals surface area contributed by atoms with E-state index >= 15 is 0 Å². The zero-order valence-electron chi connectivity index (χ0n) is 15.1. The number of fused-ring (bicyclic) bond motifs is 4. The molecule has 0 unspecified atom stereocenters. The normalized spacial score (nSPS) is 11.6. The molecule has 6 aromatic rings. The summed E-state index contributed by atoms with van der Waals surface area (Å²) in [5, 5.41) is 7.18. The van der Waals surface area contributed by atoms with Crippen LogP contribution in [-0.2, 0) is 0 Å². The number of nitrogens with zero attached hydrogens (tertiary/aromatic N) is 2. The van der Waals surface area contributed by atoms with Gasteiger partial charge in [-0.2, -0.15) is 0 Å². The van der Waals surface area contributed by atoms with Crippen LogP contribution < -0.4 is 0 Å². The van der Waals surface area contributed by atoms with E-state index in [2.05, 4.69) is 97.1 Å². The number of benzene rings is 4. The lowest BCUT2D eigenvalue weighted by Gasteiger charge is -2.07. The maximum absolute atomic E-state index is 4.90. The molecule has 6 rings (SSSR count). The lowest BCUT2D eigenvalue weighted by molar-refractivity contribution is 1.32. The second-order valence-corrected chi connectivity index (χ2v) is 7.18. The Hall–Kier alpha value is -3.78. The van der Waals surface area contributed by atoms with Crippen molar-refractivity contribution in [2.24, 2.45) is 0 Å². The van der Waals surface area contributed by atoms with E-state index in [1.54, 1.807) is 0 Å². The van der Waals surface area contributed by atoms with Gasteiger partial charge in [0.1, 0.15) is 0 Å². The van der Waals surface area contributed by atoms with Gasteiger partial charge in [0.15, 0.2) is 0 Å². The molecule has 0 aliphatic rings. The van der Waals surface area contributed by atoms with E-state index in [4.69, 9.17) is 9.97 Å². The Balaban J connectivity index is 1.53. The van der Waals surface area contributed by atoms with Gasteiger partial charge in [-0.15, -0.1) is 0 Å². The first-order valence-electron chi connectivity index (χ1n) is 9.43. The summed E-state index contributed by atoms with van der Waals surface area (Å²) in [6, 6.07) is 33.9. The largest absolute Gasteiger partial charge is 0.246 e. The van der Waals surface area contributed by atoms with Gasteiger partial charge in [0.2, 0.25) is 0 Å². The lowest BCUT2D eigenvalue weighted by atomic mass is 10.1. The van der Waals surface area contributed by atoms with Gasteiger partial charge in [-0.25, -0.2) is 9.97 Å². The quantitative estimate of drug-likeness (QED) is 0.304. The predicted molar refractivity (Wildman–Crippen MR) is 117 cm³/mol. The standard InChI is InChI=1S/C26H16N2/c1-3-7-19-15-25-21(13-17(19)5-1)9-11-23(27-25)24-12-10-22-14-18-6-2-4-8-20(18)16-26(22)28-24/h1-16H. The van der Waals surface area contributed by atoms with Crippen LogP contribution >= 0.6 is 0 Å². The summed E-state index contributed by atoms with van der Waals surface area (Å²) in [7, 11) is 0. The summed E-state index contributed by atoms with van der Waals surface area (Å²) in [5.41, 5.74) is 3.80. The van der Waals surface area contributed by atoms with Crippen LogP contribution in [-0.4, -0.2) is 9.97 Å². The topological polar surface area (TPSA) is 25.8 Å². The Bertz CT molecular complexity index is 1400. The maximum atomic E-state index is 4.90. The monoisotopic (exact) mass is 356 g/mol. The van der Waals surface area contributed by atoms with Crippen LogP contribution in [0.15, 0.2) is 97.1 Å². The number of aromatic nitrogens is 2. The van der Waals surface area contributed by atoms with Crippen molar-refractivity contribution in [2.45, 2.75) is 0 Å². The Morgan fingerprint density at radius 3 is 1.18 bits per heavy atom. The number of hydrogen-bond acceptors (Lipinski definition) is 2. The summed E-state index contributed by atoms with van der Waals surface area (Å²) in [6.45, 7) is 0. The fourth-order valence-electron chi connectivity index (χ4n) is 3.91. The molecule has 0 atom stereocenters. The number of pyridine rings is 2. The molecule has 0 saturated heterocycles. The van der Waals surface area contributed by atoms with Gasteiger partial charge in [0, 0.05) is 10.8 Å². The van der Waals surface area contributed by atoms with Crippen molar-refractivity contribution in [3.8, 4) is 11.4 Å². The molecule has 2 nitrogen and oxygen atoms in total. The van der Waals surface area contributed by atoms with Crippen LogP contribution in [0.5, 0.6) is 0 Å². The van der Waals surface area contributed by atoms with E-state index in [1.807, 2.05) is 0 Å². The van der Waals surface area contributed by atoms with Crippen LogP contribution in [0.4, 0.5) is 0 Å². The zero-order valence-corrected chi connectivity index (χ0v) is 15.1. The highest BCUT2D eigenvalue weighted by Crippen LogP contribution is 2.27. The molecule has 28 heavy (non-hydrogen) atoms. The van der Waals surface area contributed by atoms with E-state index in [9.17, 15) is 0 Å². The zero-order chi connectivity index (χ0) is 18.5. The summed E-state index contributed by atoms with van der Waals surface area (Å²) in [5.74, 6) is 0. The first-order valence-corrected chi connectivity index (χ1v) is 9.43. The summed E-state index contributed by atoms with van der Waals surface area (Å²) in [4.78, 5) is 9.80. The fraction of sp³-hybridized carbons (Fsp3) is 0. The van der Waals surface area contributed by atoms with E-state index in [0.717, 1.165) is 33.2 Å². The molecule has 0 aliphatic heterocycles. The number of rotatable bonds is 1. The maximum Gasteiger partial charge on any atom is 0.0894 e. The van der Waals surface area contributed by atoms with Gasteiger partial charge in [-0.3, -0.25) is 0 Å². The average Bonchev–Trinajstić information content (AvgIpc) is 2.75. The van der Waals surface area contributed by atoms with Crippen LogP contribution in [0.3, 0.4) is 0 Å². The van der Waals surface area contributed by atoms with Gasteiger partial charge >= 0.3 is 0 Å². The molecule has 0 saturated carbocycles. The van der Waals surface area contributed by atoms with Gasteiger partial charge in [-0.05, 0) is 57.9 Å². The van der Waals surface area contributed by atoms with Crippen molar-refractivity contribution >= 4 is 43.4 Å². The van der Waals surface area contributed by atoms with Crippen molar-refractivity contribution < 1.29 is 0 Å². The molecule has 130 valence electrons. The van der Waals surface area contributed by atoms with Crippen molar-refractivity contribution in [2.75, 3.05) is 0 Å². The molecule has 0 aliphatic carbocycles. The first kappa shape index (κ1) is 15.3. The van der Waals surface area contributed by atoms with Crippen molar-refractivity contribution in [1.82, 2.24) is 9.97 Å². The van der Waals surface area contributed by atoms with Crippen molar-refractivity contribution in [1.29, 1.82) is 0 Å². The minimum atomic E-state index is 0.901. The van der Waals surface area contributed by atoms with Crippen LogP contribution in [0.1, 0.15) is 0 Å². The van der Waals surface area contributed by atoms with E-state index in [1.165, 1.54) is 21.5 Å². The molecule has 0 fully saturated rings. The molecule has 4 aromatic carbocycles. The van der Waals surface area contributed by atoms with Crippen LogP contribution in [0, 0.1) is 0 Å². The predicted octanol–water partition coefficient (Wildman–Crippen LogP) is 6.76. The Morgan fingerprint density at radius 2 is 0.750 bits per heavy atom. The fourth-order valence-corrected chi connectivity index (χ4v) is 3.91. The van der Waals surface area contributed by atoms with Crippen molar-refractivity contribution in [3.63, 3.8) is 0 Å². The summed E-state index contributed by atoms with van der Waals surface area (Å²) in [6.07, 6.45) is 0. The summed E-state index contributed by atoms with van der Waals surface area (Å²) < 4.78 is 0. The average molecular weight is 356 g/mol. The molecule has 0 bridgehead atoms. The van der Waals surface area contributed by atoms with Gasteiger partial charge in [0.25, 0.3) is 0 Å². The first-order chi connectivity index (χ1) is 13.8. The molecule has 2 heterocycles. The van der Waals surface area contributed by atoms with E-state index in [-0.39, 0.29) is 0 Å². The van der Waals surface area contributed by atoms with Gasteiger partial charge in [0.05, 0.1) is 22.4 Å². The second kappa shape index (κ2) is 5.86. The Morgan fingerprint density at radius 1 is 0.357 bits per heavy atom. The molecular weight excluding hydrogens is 340 g/mol. The van der Waals surface area contributed by atoms with Crippen LogP contribution in [0.25, 0.3) is 54.7 Å². The molecule has 2 heteroatoms. The minimum absolute atomic E-state index is 0.901. The van der Waals surface area contributed by atoms with Gasteiger partial charge < -0.3 is 0 Å². The lowest BCUT2D eigenvalue weighted by Crippen LogP contribution is -1.90. The molecule has 0 amide bonds. The molecule has 0 spiro atoms. The van der Waals surface area contributed by atoms with Gasteiger partial charge in [-0.1, -0.05) is 60.7 Å².